The summed E-state index contributed by atoms with van der Waals surface area (Å²) in [6.07, 6.45) is 2.86. The van der Waals surface area contributed by atoms with Crippen molar-refractivity contribution in [3.05, 3.63) is 156 Å². The normalized spacial score (nSPS) is 13.8. The SMILES string of the molecule is C=CCc1ccc(-c2cccc3c2-c2ccccc2C32c3ccccc3-c3ccccc32)cc1. The van der Waals surface area contributed by atoms with Crippen LogP contribution >= 0.6 is 0 Å². The molecule has 0 fully saturated rings. The van der Waals surface area contributed by atoms with E-state index in [1.54, 1.807) is 0 Å². The van der Waals surface area contributed by atoms with Crippen LogP contribution in [0.4, 0.5) is 0 Å². The maximum Gasteiger partial charge on any atom is 0.0725 e. The van der Waals surface area contributed by atoms with Crippen LogP contribution in [0.15, 0.2) is 128 Å². The van der Waals surface area contributed by atoms with Crippen LogP contribution in [0.1, 0.15) is 27.8 Å². The zero-order valence-electron chi connectivity index (χ0n) is 19.0. The molecule has 0 heteroatoms. The third kappa shape index (κ3) is 2.38. The zero-order chi connectivity index (χ0) is 22.7. The molecule has 5 aromatic carbocycles. The van der Waals surface area contributed by atoms with Crippen molar-refractivity contribution < 1.29 is 0 Å². The Morgan fingerprint density at radius 3 is 1.62 bits per heavy atom. The molecule has 0 saturated carbocycles. The maximum atomic E-state index is 3.89. The van der Waals surface area contributed by atoms with Crippen molar-refractivity contribution in [1.29, 1.82) is 0 Å². The highest BCUT2D eigenvalue weighted by atomic mass is 14.5. The maximum absolute atomic E-state index is 3.89. The predicted octanol–water partition coefficient (Wildman–Crippen LogP) is 8.43. The van der Waals surface area contributed by atoms with Crippen LogP contribution in [0.3, 0.4) is 0 Å². The summed E-state index contributed by atoms with van der Waals surface area (Å²) < 4.78 is 0. The lowest BCUT2D eigenvalue weighted by Gasteiger charge is -2.30. The number of benzene rings is 5. The third-order valence-electron chi connectivity index (χ3n) is 7.67. The Bertz CT molecular complexity index is 1540. The molecule has 0 bridgehead atoms. The molecule has 0 unspecified atom stereocenters. The Kier molecular flexibility index (Phi) is 4.07. The minimum absolute atomic E-state index is 0.280. The van der Waals surface area contributed by atoms with E-state index in [4.69, 9.17) is 0 Å². The Hall–Kier alpha value is -4.16. The average molecular weight is 433 g/mol. The van der Waals surface area contributed by atoms with E-state index in [0.717, 1.165) is 6.42 Å². The van der Waals surface area contributed by atoms with Crippen LogP contribution in [0.5, 0.6) is 0 Å². The van der Waals surface area contributed by atoms with Crippen molar-refractivity contribution in [1.82, 2.24) is 0 Å². The van der Waals surface area contributed by atoms with E-state index in [1.807, 2.05) is 6.08 Å². The summed E-state index contributed by atoms with van der Waals surface area (Å²) >= 11 is 0. The molecule has 2 aliphatic carbocycles. The third-order valence-corrected chi connectivity index (χ3v) is 7.67. The number of allylic oxidation sites excluding steroid dienone is 1. The molecule has 0 nitrogen and oxygen atoms in total. The summed E-state index contributed by atoms with van der Waals surface area (Å²) in [6.45, 7) is 3.89. The molecule has 34 heavy (non-hydrogen) atoms. The first-order chi connectivity index (χ1) is 16.8. The summed E-state index contributed by atoms with van der Waals surface area (Å²) in [6, 6.07) is 42.8. The second-order valence-electron chi connectivity index (χ2n) is 9.30. The van der Waals surface area contributed by atoms with E-state index in [2.05, 4.69) is 122 Å². The van der Waals surface area contributed by atoms with Crippen LogP contribution in [0, 0.1) is 0 Å². The first-order valence-electron chi connectivity index (χ1n) is 12.0. The first kappa shape index (κ1) is 19.3. The highest BCUT2D eigenvalue weighted by Crippen LogP contribution is 2.63. The lowest BCUT2D eigenvalue weighted by Crippen LogP contribution is -2.25. The minimum atomic E-state index is -0.280. The van der Waals surface area contributed by atoms with Gasteiger partial charge in [-0.2, -0.15) is 0 Å². The summed E-state index contributed by atoms with van der Waals surface area (Å²) in [4.78, 5) is 0. The molecule has 2 aliphatic rings. The molecule has 0 aliphatic heterocycles. The quantitative estimate of drug-likeness (QED) is 0.246. The van der Waals surface area contributed by atoms with Gasteiger partial charge in [0.05, 0.1) is 5.41 Å². The number of fused-ring (bicyclic) bond motifs is 10. The van der Waals surface area contributed by atoms with Gasteiger partial charge in [0.15, 0.2) is 0 Å². The second kappa shape index (κ2) is 7.17. The molecular formula is C34H24. The molecule has 0 heterocycles. The van der Waals surface area contributed by atoms with Gasteiger partial charge in [0, 0.05) is 0 Å². The number of rotatable bonds is 3. The van der Waals surface area contributed by atoms with Crippen LogP contribution in [0.2, 0.25) is 0 Å². The lowest BCUT2D eigenvalue weighted by atomic mass is 9.70. The van der Waals surface area contributed by atoms with E-state index in [0.29, 0.717) is 0 Å². The fraction of sp³-hybridized carbons (Fsp3) is 0.0588. The molecule has 0 amide bonds. The van der Waals surface area contributed by atoms with Gasteiger partial charge >= 0.3 is 0 Å². The molecule has 0 radical (unpaired) electrons. The van der Waals surface area contributed by atoms with Crippen molar-refractivity contribution in [3.8, 4) is 33.4 Å². The van der Waals surface area contributed by atoms with Crippen molar-refractivity contribution in [2.45, 2.75) is 11.8 Å². The van der Waals surface area contributed by atoms with Gasteiger partial charge in [0.25, 0.3) is 0 Å². The Balaban J connectivity index is 1.58. The largest absolute Gasteiger partial charge is 0.103 e. The fourth-order valence-electron chi connectivity index (χ4n) is 6.37. The van der Waals surface area contributed by atoms with Crippen molar-refractivity contribution in [3.63, 3.8) is 0 Å². The summed E-state index contributed by atoms with van der Waals surface area (Å²) in [5, 5.41) is 0. The predicted molar refractivity (Wildman–Crippen MR) is 142 cm³/mol. The standard InChI is InChI=1S/C34H24/c1-2-10-23-19-21-24(22-20-23)25-14-9-18-32-33(25)28-13-5-8-17-31(28)34(32)29-15-6-3-11-26(29)27-12-4-7-16-30(27)34/h2-9,11-22H,1,10H2. The van der Waals surface area contributed by atoms with Crippen LogP contribution < -0.4 is 0 Å². The van der Waals surface area contributed by atoms with Gasteiger partial charge in [-0.1, -0.05) is 121 Å². The molecule has 1 spiro atoms. The van der Waals surface area contributed by atoms with Gasteiger partial charge in [-0.15, -0.1) is 6.58 Å². The molecule has 7 rings (SSSR count). The average Bonchev–Trinajstić information content (AvgIpc) is 3.37. The lowest BCUT2D eigenvalue weighted by molar-refractivity contribution is 0.794. The van der Waals surface area contributed by atoms with E-state index in [9.17, 15) is 0 Å². The van der Waals surface area contributed by atoms with E-state index in [-0.39, 0.29) is 5.41 Å². The van der Waals surface area contributed by atoms with Crippen LogP contribution in [-0.2, 0) is 11.8 Å². The molecule has 0 N–H and O–H groups in total. The Morgan fingerprint density at radius 2 is 1.00 bits per heavy atom. The monoisotopic (exact) mass is 432 g/mol. The van der Waals surface area contributed by atoms with E-state index >= 15 is 0 Å². The van der Waals surface area contributed by atoms with E-state index < -0.39 is 0 Å². The number of hydrogen-bond acceptors (Lipinski definition) is 0. The van der Waals surface area contributed by atoms with Crippen LogP contribution in [-0.4, -0.2) is 0 Å². The second-order valence-corrected chi connectivity index (χ2v) is 9.30. The molecule has 0 saturated heterocycles. The molecule has 5 aromatic rings. The van der Waals surface area contributed by atoms with Crippen molar-refractivity contribution in [2.24, 2.45) is 0 Å². The summed E-state index contributed by atoms with van der Waals surface area (Å²) in [7, 11) is 0. The molecular weight excluding hydrogens is 408 g/mol. The van der Waals surface area contributed by atoms with Gasteiger partial charge in [-0.05, 0) is 67.6 Å². The van der Waals surface area contributed by atoms with Crippen LogP contribution in [0.25, 0.3) is 33.4 Å². The smallest absolute Gasteiger partial charge is 0.0725 e. The van der Waals surface area contributed by atoms with Crippen molar-refractivity contribution >= 4 is 0 Å². The molecule has 0 atom stereocenters. The van der Waals surface area contributed by atoms with Gasteiger partial charge in [0.2, 0.25) is 0 Å². The highest BCUT2D eigenvalue weighted by molar-refractivity contribution is 5.99. The molecule has 0 aromatic heterocycles. The minimum Gasteiger partial charge on any atom is -0.103 e. The Morgan fingerprint density at radius 1 is 0.500 bits per heavy atom. The molecule has 160 valence electrons. The first-order valence-corrected chi connectivity index (χ1v) is 12.0. The Labute approximate surface area is 200 Å². The topological polar surface area (TPSA) is 0 Å². The van der Waals surface area contributed by atoms with Gasteiger partial charge in [-0.3, -0.25) is 0 Å². The van der Waals surface area contributed by atoms with Crippen molar-refractivity contribution in [2.75, 3.05) is 0 Å². The van der Waals surface area contributed by atoms with Gasteiger partial charge in [0.1, 0.15) is 0 Å². The van der Waals surface area contributed by atoms with Gasteiger partial charge < -0.3 is 0 Å². The summed E-state index contributed by atoms with van der Waals surface area (Å²) in [5.41, 5.74) is 14.5. The zero-order valence-corrected chi connectivity index (χ0v) is 19.0. The number of hydrogen-bond donors (Lipinski definition) is 0. The van der Waals surface area contributed by atoms with Gasteiger partial charge in [-0.25, -0.2) is 0 Å². The highest BCUT2D eigenvalue weighted by Gasteiger charge is 2.51. The fourth-order valence-corrected chi connectivity index (χ4v) is 6.37. The summed E-state index contributed by atoms with van der Waals surface area (Å²) in [5.74, 6) is 0. The van der Waals surface area contributed by atoms with E-state index in [1.165, 1.54) is 61.2 Å².